The number of carbonyl (C=O) groups is 3. The van der Waals surface area contributed by atoms with Crippen molar-refractivity contribution in [2.24, 2.45) is 0 Å². The van der Waals surface area contributed by atoms with E-state index in [0.29, 0.717) is 34.8 Å². The van der Waals surface area contributed by atoms with E-state index in [1.807, 2.05) is 43.3 Å². The van der Waals surface area contributed by atoms with Gasteiger partial charge in [-0.2, -0.15) is 0 Å². The summed E-state index contributed by atoms with van der Waals surface area (Å²) in [5, 5.41) is 17.4. The Bertz CT molecular complexity index is 1840. The molecule has 1 fully saturated rings. The molecule has 0 saturated carbocycles. The molecule has 4 aromatic rings. The van der Waals surface area contributed by atoms with Gasteiger partial charge in [0.15, 0.2) is 0 Å². The maximum absolute atomic E-state index is 14.3. The van der Waals surface area contributed by atoms with E-state index >= 15 is 0 Å². The number of methoxy groups -OCH3 is 1. The van der Waals surface area contributed by atoms with E-state index in [1.54, 1.807) is 19.2 Å². The summed E-state index contributed by atoms with van der Waals surface area (Å²) in [5.41, 5.74) is 1.95. The van der Waals surface area contributed by atoms with Gasteiger partial charge in [-0.3, -0.25) is 9.59 Å². The molecule has 1 aliphatic heterocycles. The zero-order chi connectivity index (χ0) is 35.2. The predicted octanol–water partition coefficient (Wildman–Crippen LogP) is 4.80. The molecule has 2 unspecified atom stereocenters. The number of amides is 2. The van der Waals surface area contributed by atoms with Gasteiger partial charge in [0.2, 0.25) is 18.2 Å². The average molecular weight is 683 g/mol. The number of benzene rings is 3. The average Bonchev–Trinajstić information content (AvgIpc) is 3.55. The number of fused-ring (bicyclic) bond motifs is 1. The molecular weight excluding hydrogens is 648 g/mol. The monoisotopic (exact) mass is 682 g/mol. The maximum Gasteiger partial charge on any atom is 0.335 e. The lowest BCUT2D eigenvalue weighted by molar-refractivity contribution is -0.130. The Hall–Kier alpha value is -5.24. The summed E-state index contributed by atoms with van der Waals surface area (Å²) in [7, 11) is 1.56. The Balaban J connectivity index is 1.25. The van der Waals surface area contributed by atoms with Crippen molar-refractivity contribution in [1.82, 2.24) is 20.9 Å². The molecule has 0 spiro atoms. The van der Waals surface area contributed by atoms with Crippen LogP contribution in [-0.4, -0.2) is 72.7 Å². The smallest absolute Gasteiger partial charge is 0.335 e. The highest BCUT2D eigenvalue weighted by Gasteiger charge is 2.34. The van der Waals surface area contributed by atoms with Crippen LogP contribution < -0.4 is 25.4 Å². The number of hydrogen-bond donors (Lipinski definition) is 4. The molecule has 2 heterocycles. The first kappa shape index (κ1) is 35.1. The van der Waals surface area contributed by atoms with Crippen LogP contribution in [-0.2, 0) is 16.0 Å². The van der Waals surface area contributed by atoms with E-state index in [9.17, 15) is 31.9 Å². The van der Waals surface area contributed by atoms with Crippen molar-refractivity contribution >= 4 is 28.7 Å². The fourth-order valence-electron chi connectivity index (χ4n) is 5.71. The van der Waals surface area contributed by atoms with Gasteiger partial charge in [0, 0.05) is 54.1 Å². The molecule has 3 aromatic carbocycles. The van der Waals surface area contributed by atoms with Crippen molar-refractivity contribution in [2.75, 3.05) is 20.2 Å². The second-order valence-electron chi connectivity index (χ2n) is 11.6. The van der Waals surface area contributed by atoms with Crippen LogP contribution >= 0.6 is 0 Å². The summed E-state index contributed by atoms with van der Waals surface area (Å²) in [6.45, 7) is 1.78. The number of pyridine rings is 1. The number of aromatic nitrogens is 1. The number of aromatic carboxylic acids is 1. The largest absolute Gasteiger partial charge is 0.497 e. The van der Waals surface area contributed by atoms with Gasteiger partial charge in [0.25, 0.3) is 0 Å². The van der Waals surface area contributed by atoms with Gasteiger partial charge in [0.1, 0.15) is 35.3 Å². The summed E-state index contributed by atoms with van der Waals surface area (Å²) < 4.78 is 67.2. The zero-order valence-electron chi connectivity index (χ0n) is 26.6. The summed E-state index contributed by atoms with van der Waals surface area (Å²) in [6.07, 6.45) is -4.65. The van der Waals surface area contributed by atoms with Crippen molar-refractivity contribution in [3.8, 4) is 22.8 Å². The van der Waals surface area contributed by atoms with Crippen LogP contribution in [0.4, 0.5) is 17.6 Å². The van der Waals surface area contributed by atoms with Crippen molar-refractivity contribution in [3.63, 3.8) is 0 Å². The fourth-order valence-corrected chi connectivity index (χ4v) is 5.71. The minimum atomic E-state index is -2.94. The molecule has 10 nitrogen and oxygen atoms in total. The fraction of sp³-hybridized carbons (Fsp3) is 0.314. The predicted molar refractivity (Wildman–Crippen MR) is 172 cm³/mol. The molecule has 0 radical (unpaired) electrons. The number of carbonyl (C=O) groups excluding carboxylic acids is 2. The maximum atomic E-state index is 14.3. The van der Waals surface area contributed by atoms with E-state index < -0.39 is 71.6 Å². The number of carboxylic acids is 1. The lowest BCUT2D eigenvalue weighted by atomic mass is 10.0. The molecule has 1 aromatic heterocycles. The first-order valence-corrected chi connectivity index (χ1v) is 15.5. The third-order valence-corrected chi connectivity index (χ3v) is 8.23. The van der Waals surface area contributed by atoms with E-state index in [1.165, 1.54) is 0 Å². The number of rotatable bonds is 13. The Morgan fingerprint density at radius 2 is 1.78 bits per heavy atom. The molecule has 1 aliphatic rings. The highest BCUT2D eigenvalue weighted by atomic mass is 19.3. The van der Waals surface area contributed by atoms with E-state index in [-0.39, 0.29) is 25.9 Å². The van der Waals surface area contributed by atoms with Crippen molar-refractivity contribution in [3.05, 3.63) is 89.0 Å². The van der Waals surface area contributed by atoms with Crippen molar-refractivity contribution in [2.45, 2.75) is 50.8 Å². The number of alkyl halides is 2. The van der Waals surface area contributed by atoms with Gasteiger partial charge in [-0.1, -0.05) is 30.3 Å². The third-order valence-electron chi connectivity index (χ3n) is 8.23. The Labute approximate surface area is 278 Å². The Kier molecular flexibility index (Phi) is 11.0. The van der Waals surface area contributed by atoms with Crippen molar-refractivity contribution < 1.29 is 46.5 Å². The molecule has 258 valence electrons. The number of hydrogen-bond acceptors (Lipinski definition) is 7. The van der Waals surface area contributed by atoms with Gasteiger partial charge in [-0.15, -0.1) is 0 Å². The summed E-state index contributed by atoms with van der Waals surface area (Å²) in [5.74, 6) is -4.25. The minimum absolute atomic E-state index is 0.166. The molecule has 3 atom stereocenters. The van der Waals surface area contributed by atoms with Crippen LogP contribution in [0, 0.1) is 18.6 Å². The molecule has 4 N–H and O–H groups in total. The lowest BCUT2D eigenvalue weighted by Crippen LogP contribution is -2.52. The summed E-state index contributed by atoms with van der Waals surface area (Å²) >= 11 is 0. The van der Waals surface area contributed by atoms with Crippen molar-refractivity contribution in [1.29, 1.82) is 0 Å². The number of carboxylic acid groups (broad SMARTS) is 1. The standard InChI is InChI=1S/C35H34F4N4O6/c1-18-31(19-6-4-3-5-7-19)42-27-14-21(48-2)8-9-24(27)32(18)49-22-15-28(41-17-22)34(45)43-29(16-30(38)39)33(44)40-11-10-23-25(36)12-20(35(46)47)13-26(23)37/h3-9,12-14,22,28-30,41H,10-11,15-17H2,1-2H3,(H,40,44)(H,43,45)(H,46,47)/t22?,28-,29?/m0/s1. The van der Waals surface area contributed by atoms with Crippen LogP contribution in [0.15, 0.2) is 60.7 Å². The second-order valence-corrected chi connectivity index (χ2v) is 11.6. The summed E-state index contributed by atoms with van der Waals surface area (Å²) in [4.78, 5) is 41.9. The number of halogens is 4. The Morgan fingerprint density at radius 1 is 1.06 bits per heavy atom. The van der Waals surface area contributed by atoms with Gasteiger partial charge in [0.05, 0.1) is 29.9 Å². The molecule has 0 bridgehead atoms. The van der Waals surface area contributed by atoms with Crippen LogP contribution in [0.25, 0.3) is 22.2 Å². The summed E-state index contributed by atoms with van der Waals surface area (Å²) in [6, 6.07) is 13.8. The molecule has 0 aliphatic carbocycles. The molecule has 49 heavy (non-hydrogen) atoms. The first-order chi connectivity index (χ1) is 23.4. The number of nitrogens with zero attached hydrogens (tertiary/aromatic N) is 1. The first-order valence-electron chi connectivity index (χ1n) is 15.5. The molecule has 5 rings (SSSR count). The Morgan fingerprint density at radius 3 is 2.43 bits per heavy atom. The van der Waals surface area contributed by atoms with E-state index in [2.05, 4.69) is 16.0 Å². The quantitative estimate of drug-likeness (QED) is 0.148. The molecular formula is C35H34F4N4O6. The van der Waals surface area contributed by atoms with Gasteiger partial charge < -0.3 is 30.5 Å². The van der Waals surface area contributed by atoms with Crippen LogP contribution in [0.1, 0.15) is 34.3 Å². The highest BCUT2D eigenvalue weighted by molar-refractivity contribution is 5.92. The van der Waals surface area contributed by atoms with Gasteiger partial charge >= 0.3 is 5.97 Å². The topological polar surface area (TPSA) is 139 Å². The molecule has 14 heteroatoms. The van der Waals surface area contributed by atoms with E-state index in [0.717, 1.165) is 16.5 Å². The van der Waals surface area contributed by atoms with Gasteiger partial charge in [-0.25, -0.2) is 27.3 Å². The van der Waals surface area contributed by atoms with Crippen LogP contribution in [0.2, 0.25) is 0 Å². The lowest BCUT2D eigenvalue weighted by Gasteiger charge is -2.21. The molecule has 1 saturated heterocycles. The number of nitrogens with one attached hydrogen (secondary N) is 3. The minimum Gasteiger partial charge on any atom is -0.497 e. The van der Waals surface area contributed by atoms with Crippen LogP contribution in [0.5, 0.6) is 11.5 Å². The van der Waals surface area contributed by atoms with Gasteiger partial charge in [-0.05, 0) is 37.6 Å². The molecule has 2 amide bonds. The zero-order valence-corrected chi connectivity index (χ0v) is 26.6. The third kappa shape index (κ3) is 8.26. The SMILES string of the molecule is COc1ccc2c(OC3CN[C@H](C(=O)NC(CC(F)F)C(=O)NCCc4c(F)cc(C(=O)O)cc4F)C3)c(C)c(-c3ccccc3)nc2c1. The highest BCUT2D eigenvalue weighted by Crippen LogP contribution is 2.37. The van der Waals surface area contributed by atoms with E-state index in [4.69, 9.17) is 19.6 Å². The normalized spacial score (nSPS) is 16.4. The second kappa shape index (κ2) is 15.3. The van der Waals surface area contributed by atoms with Crippen LogP contribution in [0.3, 0.4) is 0 Å². The number of ether oxygens (including phenoxy) is 2.